The third-order valence-electron chi connectivity index (χ3n) is 4.06. The highest BCUT2D eigenvalue weighted by molar-refractivity contribution is 8.00. The molecule has 0 saturated heterocycles. The number of rotatable bonds is 7. The van der Waals surface area contributed by atoms with Crippen LogP contribution in [0.3, 0.4) is 0 Å². The number of carbonyl (C=O) groups is 1. The monoisotopic (exact) mass is 413 g/mol. The van der Waals surface area contributed by atoms with Crippen molar-refractivity contribution in [2.45, 2.75) is 11.8 Å². The molecule has 0 atom stereocenters. The molecule has 1 aromatic heterocycles. The maximum atomic E-state index is 14.1. The number of pyridine rings is 1. The number of carbonyl (C=O) groups excluding carboxylic acids is 1. The molecule has 3 rings (SSSR count). The summed E-state index contributed by atoms with van der Waals surface area (Å²) < 4.78 is 24.3. The standard InChI is InChI=1S/C21H20FN3O3S/c1-13-8-20(15-6-4-5-7-17(15)24-13)29-12-21(26)25-23-11-14-9-18(27-2)19(28-3)10-16(14)22/h4-11H,12H2,1-3H3,(H,25,26)/b23-11+. The Morgan fingerprint density at radius 2 is 1.93 bits per heavy atom. The minimum Gasteiger partial charge on any atom is -0.493 e. The van der Waals surface area contributed by atoms with Crippen molar-refractivity contribution in [1.29, 1.82) is 0 Å². The van der Waals surface area contributed by atoms with E-state index in [1.807, 2.05) is 37.3 Å². The van der Waals surface area contributed by atoms with Gasteiger partial charge in [0, 0.05) is 27.6 Å². The van der Waals surface area contributed by atoms with Crippen LogP contribution in [0, 0.1) is 12.7 Å². The third-order valence-corrected chi connectivity index (χ3v) is 5.12. The van der Waals surface area contributed by atoms with Crippen LogP contribution in [0.5, 0.6) is 11.5 Å². The van der Waals surface area contributed by atoms with Crippen LogP contribution in [-0.2, 0) is 4.79 Å². The number of benzene rings is 2. The largest absolute Gasteiger partial charge is 0.493 e. The van der Waals surface area contributed by atoms with E-state index < -0.39 is 5.82 Å². The number of hydrogen-bond donors (Lipinski definition) is 1. The number of halogens is 1. The van der Waals surface area contributed by atoms with Crippen LogP contribution in [0.25, 0.3) is 10.9 Å². The van der Waals surface area contributed by atoms with Gasteiger partial charge in [0.15, 0.2) is 11.5 Å². The van der Waals surface area contributed by atoms with E-state index in [-0.39, 0.29) is 23.0 Å². The number of hydrogen-bond acceptors (Lipinski definition) is 6. The van der Waals surface area contributed by atoms with E-state index in [1.54, 1.807) is 0 Å². The number of para-hydroxylation sites is 1. The zero-order valence-electron chi connectivity index (χ0n) is 16.2. The first-order chi connectivity index (χ1) is 14.0. The Balaban J connectivity index is 1.64. The highest BCUT2D eigenvalue weighted by Gasteiger charge is 2.10. The van der Waals surface area contributed by atoms with Gasteiger partial charge in [0.05, 0.1) is 31.7 Å². The van der Waals surface area contributed by atoms with Gasteiger partial charge in [-0.15, -0.1) is 11.8 Å². The number of nitrogens with zero attached hydrogens (tertiary/aromatic N) is 2. The first-order valence-corrected chi connectivity index (χ1v) is 9.73. The van der Waals surface area contributed by atoms with Crippen molar-refractivity contribution in [3.8, 4) is 11.5 Å². The van der Waals surface area contributed by atoms with E-state index in [1.165, 1.54) is 44.3 Å². The molecular weight excluding hydrogens is 393 g/mol. The maximum absolute atomic E-state index is 14.1. The Bertz CT molecular complexity index is 1070. The third kappa shape index (κ3) is 5.03. The summed E-state index contributed by atoms with van der Waals surface area (Å²) in [5, 5.41) is 4.83. The molecule has 0 spiro atoms. The van der Waals surface area contributed by atoms with Crippen LogP contribution in [0.15, 0.2) is 52.5 Å². The number of hydrazone groups is 1. The number of fused-ring (bicyclic) bond motifs is 1. The lowest BCUT2D eigenvalue weighted by Crippen LogP contribution is -2.19. The van der Waals surface area contributed by atoms with Gasteiger partial charge in [-0.25, -0.2) is 9.82 Å². The number of thioether (sulfide) groups is 1. The molecule has 0 radical (unpaired) electrons. The quantitative estimate of drug-likeness (QED) is 0.361. The average Bonchev–Trinajstić information content (AvgIpc) is 2.72. The number of methoxy groups -OCH3 is 2. The molecule has 0 saturated carbocycles. The first-order valence-electron chi connectivity index (χ1n) is 8.74. The van der Waals surface area contributed by atoms with Crippen molar-refractivity contribution >= 4 is 34.8 Å². The van der Waals surface area contributed by atoms with Crippen LogP contribution in [0.1, 0.15) is 11.3 Å². The van der Waals surface area contributed by atoms with E-state index in [4.69, 9.17) is 9.47 Å². The Morgan fingerprint density at radius 1 is 1.21 bits per heavy atom. The van der Waals surface area contributed by atoms with Crippen LogP contribution >= 0.6 is 11.8 Å². The molecule has 0 aliphatic heterocycles. The summed E-state index contributed by atoms with van der Waals surface area (Å²) in [4.78, 5) is 17.6. The van der Waals surface area contributed by atoms with E-state index in [2.05, 4.69) is 15.5 Å². The summed E-state index contributed by atoms with van der Waals surface area (Å²) in [7, 11) is 2.89. The van der Waals surface area contributed by atoms with Crippen LogP contribution in [0.4, 0.5) is 4.39 Å². The SMILES string of the molecule is COc1cc(F)c(/C=N/NC(=O)CSc2cc(C)nc3ccccc23)cc1OC. The van der Waals surface area contributed by atoms with Gasteiger partial charge in [0.1, 0.15) is 5.82 Å². The Labute approximate surface area is 172 Å². The van der Waals surface area contributed by atoms with E-state index in [0.717, 1.165) is 21.5 Å². The first kappa shape index (κ1) is 20.6. The zero-order valence-corrected chi connectivity index (χ0v) is 17.0. The number of ether oxygens (including phenoxy) is 2. The van der Waals surface area contributed by atoms with Gasteiger partial charge in [-0.2, -0.15) is 5.10 Å². The van der Waals surface area contributed by atoms with Crippen molar-refractivity contribution in [3.63, 3.8) is 0 Å². The average molecular weight is 413 g/mol. The fraction of sp³-hybridized carbons (Fsp3) is 0.190. The summed E-state index contributed by atoms with van der Waals surface area (Å²) in [6.07, 6.45) is 1.23. The fourth-order valence-electron chi connectivity index (χ4n) is 2.71. The van der Waals surface area contributed by atoms with Crippen molar-refractivity contribution in [3.05, 3.63) is 59.5 Å². The van der Waals surface area contributed by atoms with Gasteiger partial charge in [0.25, 0.3) is 0 Å². The van der Waals surface area contributed by atoms with Gasteiger partial charge >= 0.3 is 0 Å². The molecule has 2 aromatic carbocycles. The molecule has 1 heterocycles. The molecule has 0 aliphatic carbocycles. The second-order valence-corrected chi connectivity index (χ2v) is 7.11. The molecule has 6 nitrogen and oxygen atoms in total. The smallest absolute Gasteiger partial charge is 0.250 e. The Morgan fingerprint density at radius 3 is 2.69 bits per heavy atom. The van der Waals surface area contributed by atoms with E-state index in [9.17, 15) is 9.18 Å². The van der Waals surface area contributed by atoms with Crippen molar-refractivity contribution in [1.82, 2.24) is 10.4 Å². The molecule has 0 unspecified atom stereocenters. The van der Waals surface area contributed by atoms with Crippen LogP contribution in [-0.4, -0.2) is 37.1 Å². The second-order valence-electron chi connectivity index (χ2n) is 6.09. The van der Waals surface area contributed by atoms with Crippen LogP contribution in [0.2, 0.25) is 0 Å². The second kappa shape index (κ2) is 9.38. The molecule has 29 heavy (non-hydrogen) atoms. The minimum atomic E-state index is -0.534. The van der Waals surface area contributed by atoms with Crippen molar-refractivity contribution in [2.75, 3.05) is 20.0 Å². The molecule has 0 bridgehead atoms. The lowest BCUT2D eigenvalue weighted by atomic mass is 10.2. The van der Waals surface area contributed by atoms with E-state index >= 15 is 0 Å². The summed E-state index contributed by atoms with van der Waals surface area (Å²) in [6, 6.07) is 12.4. The maximum Gasteiger partial charge on any atom is 0.250 e. The summed E-state index contributed by atoms with van der Waals surface area (Å²) in [5.74, 6) is -0.0156. The number of nitrogens with one attached hydrogen (secondary N) is 1. The molecule has 1 N–H and O–H groups in total. The Hall–Kier alpha value is -3.13. The molecular formula is C21H20FN3O3S. The van der Waals surface area contributed by atoms with Gasteiger partial charge in [-0.1, -0.05) is 18.2 Å². The summed E-state index contributed by atoms with van der Waals surface area (Å²) in [5.41, 5.74) is 4.35. The molecule has 0 fully saturated rings. The number of amides is 1. The summed E-state index contributed by atoms with van der Waals surface area (Å²) >= 11 is 1.40. The molecule has 150 valence electrons. The molecule has 3 aromatic rings. The van der Waals surface area contributed by atoms with Crippen molar-refractivity contribution < 1.29 is 18.7 Å². The molecule has 8 heteroatoms. The minimum absolute atomic E-state index is 0.166. The number of aryl methyl sites for hydroxylation is 1. The van der Waals surface area contributed by atoms with Crippen LogP contribution < -0.4 is 14.9 Å². The topological polar surface area (TPSA) is 72.8 Å². The zero-order chi connectivity index (χ0) is 20.8. The highest BCUT2D eigenvalue weighted by Crippen LogP contribution is 2.29. The molecule has 0 aliphatic rings. The van der Waals surface area contributed by atoms with Gasteiger partial charge in [-0.3, -0.25) is 9.78 Å². The number of aromatic nitrogens is 1. The Kier molecular flexibility index (Phi) is 6.66. The van der Waals surface area contributed by atoms with Crippen molar-refractivity contribution in [2.24, 2.45) is 5.10 Å². The fourth-order valence-corrected chi connectivity index (χ4v) is 3.64. The van der Waals surface area contributed by atoms with Gasteiger partial charge in [0.2, 0.25) is 5.91 Å². The van der Waals surface area contributed by atoms with E-state index in [0.29, 0.717) is 5.75 Å². The lowest BCUT2D eigenvalue weighted by molar-refractivity contribution is -0.118. The highest BCUT2D eigenvalue weighted by atomic mass is 32.2. The van der Waals surface area contributed by atoms with Gasteiger partial charge < -0.3 is 9.47 Å². The normalized spacial score (nSPS) is 11.0. The predicted molar refractivity (Wildman–Crippen MR) is 112 cm³/mol. The predicted octanol–water partition coefficient (Wildman–Crippen LogP) is 3.94. The summed E-state index contributed by atoms with van der Waals surface area (Å²) in [6.45, 7) is 1.92. The lowest BCUT2D eigenvalue weighted by Gasteiger charge is -2.09. The molecule has 1 amide bonds. The van der Waals surface area contributed by atoms with Gasteiger partial charge in [-0.05, 0) is 25.1 Å².